The Morgan fingerprint density at radius 2 is 1.40 bits per heavy atom. The van der Waals surface area contributed by atoms with E-state index in [-0.39, 0.29) is 0 Å². The van der Waals surface area contributed by atoms with Crippen LogP contribution in [0.25, 0.3) is 62.7 Å². The molecule has 6 rings (SSSR count). The average molecular weight is 518 g/mol. The van der Waals surface area contributed by atoms with Gasteiger partial charge in [-0.3, -0.25) is 4.98 Å². The van der Waals surface area contributed by atoms with E-state index in [9.17, 15) is 0 Å². The van der Waals surface area contributed by atoms with Crippen molar-refractivity contribution in [3.8, 4) is 22.6 Å². The zero-order valence-electron chi connectivity index (χ0n) is 22.9. The molecule has 6 aromatic rings. The van der Waals surface area contributed by atoms with Crippen LogP contribution in [0.4, 0.5) is 0 Å². The van der Waals surface area contributed by atoms with Crippen LogP contribution in [0.15, 0.2) is 123 Å². The number of para-hydroxylation sites is 1. The van der Waals surface area contributed by atoms with Gasteiger partial charge >= 0.3 is 0 Å². The highest BCUT2D eigenvalue weighted by atomic mass is 15.0. The van der Waals surface area contributed by atoms with Crippen molar-refractivity contribution < 1.29 is 0 Å². The van der Waals surface area contributed by atoms with Crippen LogP contribution in [0.2, 0.25) is 0 Å². The van der Waals surface area contributed by atoms with Gasteiger partial charge in [-0.05, 0) is 68.0 Å². The number of rotatable bonds is 7. The van der Waals surface area contributed by atoms with Crippen molar-refractivity contribution in [1.29, 1.82) is 0 Å². The van der Waals surface area contributed by atoms with Gasteiger partial charge in [0.05, 0.1) is 28.6 Å². The van der Waals surface area contributed by atoms with Gasteiger partial charge < -0.3 is 9.13 Å². The maximum atomic E-state index is 4.86. The fourth-order valence-corrected chi connectivity index (χ4v) is 5.63. The van der Waals surface area contributed by atoms with Crippen LogP contribution >= 0.6 is 0 Å². The Balaban J connectivity index is 1.53. The van der Waals surface area contributed by atoms with E-state index in [1.807, 2.05) is 49.5 Å². The first-order chi connectivity index (χ1) is 19.7. The number of nitrogens with zero attached hydrogens (tertiary/aromatic N) is 3. The Kier molecular flexibility index (Phi) is 6.63. The highest BCUT2D eigenvalue weighted by molar-refractivity contribution is 5.97. The van der Waals surface area contributed by atoms with Gasteiger partial charge in [-0.15, -0.1) is 0 Å². The molecule has 0 radical (unpaired) electrons. The first-order valence-electron chi connectivity index (χ1n) is 13.5. The van der Waals surface area contributed by atoms with E-state index in [4.69, 9.17) is 4.98 Å². The van der Waals surface area contributed by atoms with Crippen molar-refractivity contribution in [3.05, 3.63) is 145 Å². The molecule has 40 heavy (non-hydrogen) atoms. The second-order valence-electron chi connectivity index (χ2n) is 9.77. The third-order valence-electron chi connectivity index (χ3n) is 7.46. The number of hydrogen-bond donors (Lipinski definition) is 0. The molecule has 0 spiro atoms. The Bertz CT molecular complexity index is 1930. The maximum Gasteiger partial charge on any atom is 0.0724 e. The number of hydrogen-bond acceptors (Lipinski definition) is 1. The average Bonchev–Trinajstić information content (AvgIpc) is 3.47. The fourth-order valence-electron chi connectivity index (χ4n) is 5.63. The van der Waals surface area contributed by atoms with Crippen molar-refractivity contribution in [1.82, 2.24) is 14.1 Å². The van der Waals surface area contributed by atoms with Crippen LogP contribution in [0.1, 0.15) is 29.4 Å². The molecule has 0 saturated carbocycles. The summed E-state index contributed by atoms with van der Waals surface area (Å²) in [6, 6.07) is 29.8. The van der Waals surface area contributed by atoms with Gasteiger partial charge in [0.2, 0.25) is 0 Å². The second-order valence-corrected chi connectivity index (χ2v) is 9.77. The fraction of sp³-hybridized carbons (Fsp3) is 0.0541. The van der Waals surface area contributed by atoms with Crippen molar-refractivity contribution >= 4 is 40.0 Å². The zero-order chi connectivity index (χ0) is 27.6. The lowest BCUT2D eigenvalue weighted by Gasteiger charge is -2.13. The first-order valence-corrected chi connectivity index (χ1v) is 13.5. The number of aryl methyl sites for hydroxylation is 1. The molecule has 3 aromatic heterocycles. The molecular formula is C37H31N3. The van der Waals surface area contributed by atoms with Crippen LogP contribution < -0.4 is 0 Å². The Labute approximate surface area is 235 Å². The summed E-state index contributed by atoms with van der Waals surface area (Å²) in [5.74, 6) is 0. The minimum atomic E-state index is 0.955. The quantitative estimate of drug-likeness (QED) is 0.193. The Morgan fingerprint density at radius 3 is 2.08 bits per heavy atom. The smallest absolute Gasteiger partial charge is 0.0724 e. The van der Waals surface area contributed by atoms with Crippen LogP contribution in [-0.4, -0.2) is 14.1 Å². The number of aromatic nitrogens is 3. The predicted molar refractivity (Wildman–Crippen MR) is 172 cm³/mol. The molecule has 0 aliphatic carbocycles. The maximum absolute atomic E-state index is 4.86. The number of benzene rings is 3. The van der Waals surface area contributed by atoms with Gasteiger partial charge in [0, 0.05) is 39.0 Å². The monoisotopic (exact) mass is 517 g/mol. The van der Waals surface area contributed by atoms with Crippen molar-refractivity contribution in [2.24, 2.45) is 0 Å². The normalized spacial score (nSPS) is 11.8. The summed E-state index contributed by atoms with van der Waals surface area (Å²) in [5.41, 5.74) is 11.0. The zero-order valence-corrected chi connectivity index (χ0v) is 22.9. The molecule has 0 fully saturated rings. The highest BCUT2D eigenvalue weighted by Crippen LogP contribution is 2.35. The summed E-state index contributed by atoms with van der Waals surface area (Å²) in [7, 11) is 0. The van der Waals surface area contributed by atoms with Crippen molar-refractivity contribution in [2.45, 2.75) is 13.8 Å². The Morgan fingerprint density at radius 1 is 0.725 bits per heavy atom. The molecular weight excluding hydrogens is 486 g/mol. The SMILES string of the molecule is C=C/C=C\c1c(C)c2ccccc2n1-c1ccc(-n2c(C=C)c(/C=C\C)c3cc(-c4ccccc4)ncc32)cc1. The molecule has 0 N–H and O–H groups in total. The van der Waals surface area contributed by atoms with Gasteiger partial charge in [-0.1, -0.05) is 86.0 Å². The number of pyridine rings is 1. The van der Waals surface area contributed by atoms with E-state index < -0.39 is 0 Å². The molecule has 0 amide bonds. The summed E-state index contributed by atoms with van der Waals surface area (Å²) >= 11 is 0. The molecule has 0 aliphatic heterocycles. The molecule has 0 bridgehead atoms. The molecule has 3 heterocycles. The number of allylic oxidation sites excluding steroid dienone is 3. The standard InChI is InChI=1S/C37H31N3/c1-5-8-18-35-26(4)30-17-12-13-19-36(30)40(35)29-22-20-28(21-23-29)39-34(7-3)31(14-6-2)32-24-33(38-25-37(32)39)27-15-10-9-11-16-27/h5-25H,1,3H2,2,4H3/b14-6-,18-8-. The topological polar surface area (TPSA) is 22.8 Å². The van der Waals surface area contributed by atoms with Crippen molar-refractivity contribution in [3.63, 3.8) is 0 Å². The summed E-state index contributed by atoms with van der Waals surface area (Å²) in [4.78, 5) is 4.86. The largest absolute Gasteiger partial charge is 0.310 e. The van der Waals surface area contributed by atoms with E-state index in [2.05, 4.69) is 114 Å². The summed E-state index contributed by atoms with van der Waals surface area (Å²) in [6.45, 7) is 12.3. The molecule has 0 saturated heterocycles. The van der Waals surface area contributed by atoms with Crippen LogP contribution in [0, 0.1) is 6.92 Å². The summed E-state index contributed by atoms with van der Waals surface area (Å²) < 4.78 is 4.57. The van der Waals surface area contributed by atoms with Gasteiger partial charge in [0.25, 0.3) is 0 Å². The van der Waals surface area contributed by atoms with Gasteiger partial charge in [-0.2, -0.15) is 0 Å². The van der Waals surface area contributed by atoms with Crippen molar-refractivity contribution in [2.75, 3.05) is 0 Å². The molecule has 0 unspecified atom stereocenters. The van der Waals surface area contributed by atoms with E-state index in [0.29, 0.717) is 0 Å². The molecule has 0 atom stereocenters. The van der Waals surface area contributed by atoms with Crippen LogP contribution in [0.5, 0.6) is 0 Å². The molecule has 0 aliphatic rings. The van der Waals surface area contributed by atoms with E-state index in [0.717, 1.165) is 50.5 Å². The minimum absolute atomic E-state index is 0.955. The van der Waals surface area contributed by atoms with Crippen LogP contribution in [0.3, 0.4) is 0 Å². The highest BCUT2D eigenvalue weighted by Gasteiger charge is 2.18. The molecule has 3 aromatic carbocycles. The third-order valence-corrected chi connectivity index (χ3v) is 7.46. The van der Waals surface area contributed by atoms with Gasteiger partial charge in [0.1, 0.15) is 0 Å². The van der Waals surface area contributed by atoms with Crippen LogP contribution in [-0.2, 0) is 0 Å². The summed E-state index contributed by atoms with van der Waals surface area (Å²) in [6.07, 6.45) is 14.1. The summed E-state index contributed by atoms with van der Waals surface area (Å²) in [5, 5.41) is 2.40. The molecule has 194 valence electrons. The minimum Gasteiger partial charge on any atom is -0.310 e. The van der Waals surface area contributed by atoms with E-state index >= 15 is 0 Å². The molecule has 3 heteroatoms. The second kappa shape index (κ2) is 10.5. The first kappa shape index (κ1) is 25.1. The van der Waals surface area contributed by atoms with E-state index in [1.54, 1.807) is 0 Å². The lowest BCUT2D eigenvalue weighted by Crippen LogP contribution is -2.00. The Hall–Kier alpha value is -5.15. The number of fused-ring (bicyclic) bond motifs is 2. The predicted octanol–water partition coefficient (Wildman–Crippen LogP) is 9.82. The van der Waals surface area contributed by atoms with E-state index in [1.165, 1.54) is 16.5 Å². The molecule has 3 nitrogen and oxygen atoms in total. The lowest BCUT2D eigenvalue weighted by molar-refractivity contribution is 1.07. The van der Waals surface area contributed by atoms with Gasteiger partial charge in [-0.25, -0.2) is 0 Å². The van der Waals surface area contributed by atoms with Gasteiger partial charge in [0.15, 0.2) is 0 Å². The lowest BCUT2D eigenvalue weighted by atomic mass is 10.1. The third kappa shape index (κ3) is 4.13.